The van der Waals surface area contributed by atoms with Crippen LogP contribution >= 0.6 is 11.8 Å². The quantitative estimate of drug-likeness (QED) is 0.187. The maximum Gasteiger partial charge on any atom is 0.216 e. The van der Waals surface area contributed by atoms with Crippen LogP contribution in [0.2, 0.25) is 0 Å². The Bertz CT molecular complexity index is 559. The molecule has 0 aromatic heterocycles. The minimum atomic E-state index is 0.335. The number of ether oxygens (including phenoxy) is 1. The van der Waals surface area contributed by atoms with Gasteiger partial charge in [-0.25, -0.2) is 4.99 Å². The Labute approximate surface area is 197 Å². The molecular formula is C28H47NOS. The molecule has 1 aromatic carbocycles. The molecule has 0 aliphatic carbocycles. The van der Waals surface area contributed by atoms with Gasteiger partial charge in [0.1, 0.15) is 6.61 Å². The van der Waals surface area contributed by atoms with Crippen molar-refractivity contribution < 1.29 is 4.74 Å². The summed E-state index contributed by atoms with van der Waals surface area (Å²) in [6.45, 7) is 3.04. The second kappa shape index (κ2) is 18.6. The van der Waals surface area contributed by atoms with Crippen LogP contribution in [-0.2, 0) is 4.74 Å². The largest absolute Gasteiger partial charge is 0.475 e. The minimum Gasteiger partial charge on any atom is -0.475 e. The van der Waals surface area contributed by atoms with Gasteiger partial charge in [0.25, 0.3) is 0 Å². The number of thioether (sulfide) groups is 1. The Kier molecular flexibility index (Phi) is 15.8. The van der Waals surface area contributed by atoms with Crippen molar-refractivity contribution in [2.75, 3.05) is 18.1 Å². The number of aliphatic imine (C=N–C) groups is 1. The van der Waals surface area contributed by atoms with E-state index in [4.69, 9.17) is 9.73 Å². The van der Waals surface area contributed by atoms with E-state index in [1.165, 1.54) is 108 Å². The molecule has 0 saturated heterocycles. The van der Waals surface area contributed by atoms with E-state index < -0.39 is 0 Å². The van der Waals surface area contributed by atoms with Gasteiger partial charge in [0, 0.05) is 11.3 Å². The van der Waals surface area contributed by atoms with E-state index in [9.17, 15) is 0 Å². The van der Waals surface area contributed by atoms with E-state index in [0.29, 0.717) is 6.04 Å². The molecule has 1 heterocycles. The lowest BCUT2D eigenvalue weighted by Crippen LogP contribution is -2.09. The third-order valence-corrected chi connectivity index (χ3v) is 7.38. The first-order valence-corrected chi connectivity index (χ1v) is 14.4. The van der Waals surface area contributed by atoms with Crippen molar-refractivity contribution in [1.29, 1.82) is 0 Å². The van der Waals surface area contributed by atoms with E-state index in [0.717, 1.165) is 23.8 Å². The zero-order valence-corrected chi connectivity index (χ0v) is 21.0. The molecule has 1 aliphatic heterocycles. The fourth-order valence-electron chi connectivity index (χ4n) is 4.21. The predicted molar refractivity (Wildman–Crippen MR) is 140 cm³/mol. The fourth-order valence-corrected chi connectivity index (χ4v) is 5.23. The minimum absolute atomic E-state index is 0.335. The molecule has 0 spiro atoms. The standard InChI is InChI=1S/C28H47NOS/c1-2-3-4-5-6-7-8-9-10-11-12-13-14-15-16-20-23-31-25-27-24-30-28(29-27)26-21-18-17-19-22-26/h17-19,21-22,27H,2-16,20,23-25H2,1H3. The van der Waals surface area contributed by atoms with Crippen molar-refractivity contribution >= 4 is 17.7 Å². The van der Waals surface area contributed by atoms with Gasteiger partial charge in [-0.2, -0.15) is 11.8 Å². The Balaban J connectivity index is 1.29. The van der Waals surface area contributed by atoms with Crippen molar-refractivity contribution in [2.45, 2.75) is 116 Å². The Hall–Kier alpha value is -0.960. The summed E-state index contributed by atoms with van der Waals surface area (Å²) in [5, 5.41) is 0. The van der Waals surface area contributed by atoms with Gasteiger partial charge < -0.3 is 4.74 Å². The third-order valence-electron chi connectivity index (χ3n) is 6.19. The molecule has 0 fully saturated rings. The average Bonchev–Trinajstić information content (AvgIpc) is 3.28. The lowest BCUT2D eigenvalue weighted by atomic mass is 10.0. The van der Waals surface area contributed by atoms with Crippen LogP contribution in [0.4, 0.5) is 0 Å². The summed E-state index contributed by atoms with van der Waals surface area (Å²) in [4.78, 5) is 4.75. The molecule has 0 amide bonds. The molecule has 1 atom stereocenters. The van der Waals surface area contributed by atoms with Crippen molar-refractivity contribution in [2.24, 2.45) is 4.99 Å². The molecule has 2 rings (SSSR count). The van der Waals surface area contributed by atoms with Crippen LogP contribution in [-0.4, -0.2) is 30.1 Å². The summed E-state index contributed by atoms with van der Waals surface area (Å²) >= 11 is 2.05. The van der Waals surface area contributed by atoms with Crippen LogP contribution in [0.15, 0.2) is 35.3 Å². The monoisotopic (exact) mass is 445 g/mol. The lowest BCUT2D eigenvalue weighted by molar-refractivity contribution is 0.325. The molecule has 1 aromatic rings. The first-order chi connectivity index (χ1) is 15.4. The van der Waals surface area contributed by atoms with Gasteiger partial charge in [0.15, 0.2) is 0 Å². The molecule has 31 heavy (non-hydrogen) atoms. The molecule has 0 saturated carbocycles. The molecule has 3 heteroatoms. The number of hydrogen-bond donors (Lipinski definition) is 0. The predicted octanol–water partition coefficient (Wildman–Crippen LogP) is 8.83. The molecule has 0 N–H and O–H groups in total. The summed E-state index contributed by atoms with van der Waals surface area (Å²) in [5.41, 5.74) is 1.10. The highest BCUT2D eigenvalue weighted by molar-refractivity contribution is 7.99. The van der Waals surface area contributed by atoms with Crippen LogP contribution in [0.1, 0.15) is 115 Å². The van der Waals surface area contributed by atoms with Crippen molar-refractivity contribution in [3.8, 4) is 0 Å². The SMILES string of the molecule is CCCCCCCCCCCCCCCCCCSCC1COC(c2ccccc2)=N1. The molecular weight excluding hydrogens is 398 g/mol. The van der Waals surface area contributed by atoms with E-state index >= 15 is 0 Å². The normalized spacial score (nSPS) is 15.8. The Morgan fingerprint density at radius 2 is 1.26 bits per heavy atom. The van der Waals surface area contributed by atoms with Crippen LogP contribution in [0.5, 0.6) is 0 Å². The molecule has 176 valence electrons. The summed E-state index contributed by atoms with van der Waals surface area (Å²) in [6.07, 6.45) is 23.0. The summed E-state index contributed by atoms with van der Waals surface area (Å²) < 4.78 is 5.78. The van der Waals surface area contributed by atoms with Crippen molar-refractivity contribution in [3.05, 3.63) is 35.9 Å². The second-order valence-corrected chi connectivity index (χ2v) is 10.3. The van der Waals surface area contributed by atoms with Gasteiger partial charge >= 0.3 is 0 Å². The van der Waals surface area contributed by atoms with Crippen LogP contribution < -0.4 is 0 Å². The molecule has 1 unspecified atom stereocenters. The van der Waals surface area contributed by atoms with Crippen molar-refractivity contribution in [3.63, 3.8) is 0 Å². The number of benzene rings is 1. The number of nitrogens with zero attached hydrogens (tertiary/aromatic N) is 1. The van der Waals surface area contributed by atoms with Gasteiger partial charge in [0.05, 0.1) is 6.04 Å². The average molecular weight is 446 g/mol. The molecule has 1 aliphatic rings. The van der Waals surface area contributed by atoms with Gasteiger partial charge in [-0.15, -0.1) is 0 Å². The summed E-state index contributed by atoms with van der Waals surface area (Å²) in [6, 6.07) is 10.6. The highest BCUT2D eigenvalue weighted by Crippen LogP contribution is 2.18. The van der Waals surface area contributed by atoms with Gasteiger partial charge in [-0.1, -0.05) is 121 Å². The maximum atomic E-state index is 5.78. The Morgan fingerprint density at radius 3 is 1.81 bits per heavy atom. The first-order valence-electron chi connectivity index (χ1n) is 13.2. The van der Waals surface area contributed by atoms with Crippen LogP contribution in [0.25, 0.3) is 0 Å². The number of unbranched alkanes of at least 4 members (excludes halogenated alkanes) is 15. The lowest BCUT2D eigenvalue weighted by Gasteiger charge is -2.05. The smallest absolute Gasteiger partial charge is 0.216 e. The maximum absolute atomic E-state index is 5.78. The first kappa shape index (κ1) is 26.3. The van der Waals surface area contributed by atoms with Crippen molar-refractivity contribution in [1.82, 2.24) is 0 Å². The zero-order valence-electron chi connectivity index (χ0n) is 20.2. The van der Waals surface area contributed by atoms with E-state index in [1.807, 2.05) is 30.0 Å². The van der Waals surface area contributed by atoms with Gasteiger partial charge in [-0.3, -0.25) is 0 Å². The summed E-state index contributed by atoms with van der Waals surface area (Å²) in [7, 11) is 0. The molecule has 2 nitrogen and oxygen atoms in total. The van der Waals surface area contributed by atoms with Crippen LogP contribution in [0.3, 0.4) is 0 Å². The summed E-state index contributed by atoms with van der Waals surface area (Å²) in [5.74, 6) is 3.19. The Morgan fingerprint density at radius 1 is 0.742 bits per heavy atom. The van der Waals surface area contributed by atoms with Crippen LogP contribution in [0, 0.1) is 0 Å². The zero-order chi connectivity index (χ0) is 21.8. The third kappa shape index (κ3) is 13.2. The van der Waals surface area contributed by atoms with Gasteiger partial charge in [0.2, 0.25) is 5.90 Å². The van der Waals surface area contributed by atoms with E-state index in [2.05, 4.69) is 19.1 Å². The van der Waals surface area contributed by atoms with Gasteiger partial charge in [-0.05, 0) is 24.3 Å². The fraction of sp³-hybridized carbons (Fsp3) is 0.750. The van der Waals surface area contributed by atoms with E-state index in [-0.39, 0.29) is 0 Å². The number of rotatable bonds is 20. The molecule has 0 radical (unpaired) electrons. The second-order valence-electron chi connectivity index (χ2n) is 9.14. The topological polar surface area (TPSA) is 21.6 Å². The highest BCUT2D eigenvalue weighted by Gasteiger charge is 2.19. The highest BCUT2D eigenvalue weighted by atomic mass is 32.2. The van der Waals surface area contributed by atoms with E-state index in [1.54, 1.807) is 0 Å². The number of hydrogen-bond acceptors (Lipinski definition) is 3. The molecule has 0 bridgehead atoms.